The average molecular weight is 185 g/mol. The van der Waals surface area contributed by atoms with Crippen molar-refractivity contribution in [2.75, 3.05) is 7.05 Å². The molecule has 4 heteroatoms. The Morgan fingerprint density at radius 3 is 2.92 bits per heavy atom. The van der Waals surface area contributed by atoms with Crippen molar-refractivity contribution in [2.24, 2.45) is 0 Å². The van der Waals surface area contributed by atoms with Crippen LogP contribution in [0.5, 0.6) is 0 Å². The van der Waals surface area contributed by atoms with Gasteiger partial charge in [0.15, 0.2) is 0 Å². The Kier molecular flexibility index (Phi) is 3.05. The van der Waals surface area contributed by atoms with E-state index in [9.17, 15) is 4.79 Å². The van der Waals surface area contributed by atoms with Crippen molar-refractivity contribution in [3.8, 4) is 0 Å². The van der Waals surface area contributed by atoms with Gasteiger partial charge in [-0.25, -0.2) is 4.98 Å². The van der Waals surface area contributed by atoms with E-state index in [1.165, 1.54) is 4.90 Å². The molecule has 12 heavy (non-hydrogen) atoms. The number of nitrogens with zero attached hydrogens (tertiary/aromatic N) is 2. The zero-order valence-corrected chi connectivity index (χ0v) is 7.45. The second-order valence-electron chi connectivity index (χ2n) is 2.51. The van der Waals surface area contributed by atoms with Crippen LogP contribution in [0.1, 0.15) is 5.56 Å². The van der Waals surface area contributed by atoms with Gasteiger partial charge in [0, 0.05) is 19.8 Å². The van der Waals surface area contributed by atoms with Crippen LogP contribution < -0.4 is 0 Å². The van der Waals surface area contributed by atoms with Gasteiger partial charge in [-0.1, -0.05) is 17.7 Å². The minimum absolute atomic E-state index is 0.465. The summed E-state index contributed by atoms with van der Waals surface area (Å²) in [5, 5.41) is 0.465. The van der Waals surface area contributed by atoms with Crippen molar-refractivity contribution < 1.29 is 4.79 Å². The lowest BCUT2D eigenvalue weighted by Crippen LogP contribution is -2.14. The van der Waals surface area contributed by atoms with Crippen LogP contribution in [-0.4, -0.2) is 23.3 Å². The Labute approximate surface area is 76.0 Å². The lowest BCUT2D eigenvalue weighted by Gasteiger charge is -2.09. The molecule has 0 fully saturated rings. The second-order valence-corrected chi connectivity index (χ2v) is 2.90. The van der Waals surface area contributed by atoms with E-state index in [4.69, 9.17) is 11.6 Å². The molecule has 0 aliphatic carbocycles. The number of hydrogen-bond acceptors (Lipinski definition) is 2. The van der Waals surface area contributed by atoms with Crippen LogP contribution in [0.25, 0.3) is 0 Å². The van der Waals surface area contributed by atoms with Gasteiger partial charge in [-0.15, -0.1) is 0 Å². The summed E-state index contributed by atoms with van der Waals surface area (Å²) in [4.78, 5) is 15.7. The summed E-state index contributed by atoms with van der Waals surface area (Å²) in [6.07, 6.45) is 2.43. The van der Waals surface area contributed by atoms with Gasteiger partial charge in [-0.05, 0) is 11.6 Å². The highest BCUT2D eigenvalue weighted by atomic mass is 35.5. The summed E-state index contributed by atoms with van der Waals surface area (Å²) >= 11 is 5.59. The first kappa shape index (κ1) is 9.00. The summed E-state index contributed by atoms with van der Waals surface area (Å²) in [5.74, 6) is 0. The summed E-state index contributed by atoms with van der Waals surface area (Å²) in [7, 11) is 1.71. The molecule has 0 aliphatic rings. The smallest absolute Gasteiger partial charge is 0.209 e. The zero-order chi connectivity index (χ0) is 8.97. The van der Waals surface area contributed by atoms with Crippen molar-refractivity contribution in [1.82, 2.24) is 9.88 Å². The average Bonchev–Trinajstić information content (AvgIpc) is 2.09. The Balaban J connectivity index is 2.64. The van der Waals surface area contributed by atoms with E-state index in [0.717, 1.165) is 12.0 Å². The normalized spacial score (nSPS) is 9.50. The first-order chi connectivity index (χ1) is 5.72. The minimum Gasteiger partial charge on any atom is -0.344 e. The molecular weight excluding hydrogens is 176 g/mol. The van der Waals surface area contributed by atoms with Crippen LogP contribution in [0.2, 0.25) is 5.15 Å². The fraction of sp³-hybridized carbons (Fsp3) is 0.250. The first-order valence-corrected chi connectivity index (χ1v) is 3.86. The maximum atomic E-state index is 10.3. The number of hydrogen-bond donors (Lipinski definition) is 0. The highest BCUT2D eigenvalue weighted by molar-refractivity contribution is 6.29. The molecule has 1 aromatic heterocycles. The van der Waals surface area contributed by atoms with E-state index in [-0.39, 0.29) is 0 Å². The van der Waals surface area contributed by atoms with E-state index < -0.39 is 0 Å². The van der Waals surface area contributed by atoms with E-state index >= 15 is 0 Å². The number of rotatable bonds is 3. The minimum atomic E-state index is 0.465. The van der Waals surface area contributed by atoms with E-state index in [0.29, 0.717) is 11.7 Å². The lowest BCUT2D eigenvalue weighted by atomic mass is 10.3. The van der Waals surface area contributed by atoms with Gasteiger partial charge in [0.05, 0.1) is 0 Å². The number of carbonyl (C=O) groups is 1. The number of carbonyl (C=O) groups excluding carboxylic acids is 1. The van der Waals surface area contributed by atoms with Crippen molar-refractivity contribution in [3.63, 3.8) is 0 Å². The van der Waals surface area contributed by atoms with Crippen LogP contribution in [0.3, 0.4) is 0 Å². The lowest BCUT2D eigenvalue weighted by molar-refractivity contribution is -0.117. The van der Waals surface area contributed by atoms with Gasteiger partial charge in [0.25, 0.3) is 0 Å². The standard InChI is InChI=1S/C8H9ClN2O/c1-11(6-12)5-7-2-3-8(9)10-4-7/h2-4,6H,5H2,1H3. The Morgan fingerprint density at radius 2 is 2.42 bits per heavy atom. The van der Waals surface area contributed by atoms with Crippen LogP contribution in [-0.2, 0) is 11.3 Å². The fourth-order valence-corrected chi connectivity index (χ4v) is 0.937. The largest absolute Gasteiger partial charge is 0.344 e. The fourth-order valence-electron chi connectivity index (χ4n) is 0.825. The molecule has 1 heterocycles. The summed E-state index contributed by atoms with van der Waals surface area (Å²) < 4.78 is 0. The Morgan fingerprint density at radius 1 is 1.67 bits per heavy atom. The molecule has 0 spiro atoms. The maximum absolute atomic E-state index is 10.3. The molecule has 0 radical (unpaired) electrons. The third-order valence-corrected chi connectivity index (χ3v) is 1.62. The SMILES string of the molecule is CN(C=O)Cc1ccc(Cl)nc1. The van der Waals surface area contributed by atoms with Crippen LogP contribution >= 0.6 is 11.6 Å². The van der Waals surface area contributed by atoms with Crippen molar-refractivity contribution in [1.29, 1.82) is 0 Å². The maximum Gasteiger partial charge on any atom is 0.209 e. The summed E-state index contributed by atoms with van der Waals surface area (Å²) in [5.41, 5.74) is 0.967. The molecule has 0 atom stereocenters. The van der Waals surface area contributed by atoms with E-state index in [1.807, 2.05) is 6.07 Å². The molecule has 0 unspecified atom stereocenters. The van der Waals surface area contributed by atoms with Gasteiger partial charge in [-0.2, -0.15) is 0 Å². The predicted molar refractivity (Wildman–Crippen MR) is 46.8 cm³/mol. The number of pyridine rings is 1. The predicted octanol–water partition coefficient (Wildman–Crippen LogP) is 1.32. The summed E-state index contributed by atoms with van der Waals surface area (Å²) in [6, 6.07) is 3.55. The molecule has 64 valence electrons. The molecule has 1 aromatic rings. The molecule has 1 amide bonds. The van der Waals surface area contributed by atoms with Gasteiger partial charge in [0.1, 0.15) is 5.15 Å². The summed E-state index contributed by atoms with van der Waals surface area (Å²) in [6.45, 7) is 0.563. The third-order valence-electron chi connectivity index (χ3n) is 1.40. The number of amides is 1. The van der Waals surface area contributed by atoms with Gasteiger partial charge in [-0.3, -0.25) is 4.79 Å². The number of aromatic nitrogens is 1. The molecule has 0 saturated carbocycles. The molecule has 3 nitrogen and oxygen atoms in total. The highest BCUT2D eigenvalue weighted by Crippen LogP contribution is 2.06. The third kappa shape index (κ3) is 2.51. The molecule has 1 rings (SSSR count). The number of halogens is 1. The topological polar surface area (TPSA) is 33.2 Å². The van der Waals surface area contributed by atoms with Gasteiger partial charge in [0.2, 0.25) is 6.41 Å². The second kappa shape index (κ2) is 4.07. The van der Waals surface area contributed by atoms with Crippen LogP contribution in [0.15, 0.2) is 18.3 Å². The van der Waals surface area contributed by atoms with Gasteiger partial charge >= 0.3 is 0 Å². The molecule has 0 aromatic carbocycles. The highest BCUT2D eigenvalue weighted by Gasteiger charge is 1.96. The molecule has 0 bridgehead atoms. The van der Waals surface area contributed by atoms with Crippen LogP contribution in [0, 0.1) is 0 Å². The molecule has 0 N–H and O–H groups in total. The monoisotopic (exact) mass is 184 g/mol. The van der Waals surface area contributed by atoms with Crippen molar-refractivity contribution in [3.05, 3.63) is 29.0 Å². The van der Waals surface area contributed by atoms with Crippen molar-refractivity contribution >= 4 is 18.0 Å². The van der Waals surface area contributed by atoms with E-state index in [1.54, 1.807) is 19.3 Å². The molecule has 0 saturated heterocycles. The Hall–Kier alpha value is -1.09. The first-order valence-electron chi connectivity index (χ1n) is 3.48. The van der Waals surface area contributed by atoms with Crippen LogP contribution in [0.4, 0.5) is 0 Å². The Bertz CT molecular complexity index is 260. The quantitative estimate of drug-likeness (QED) is 0.525. The molecule has 0 aliphatic heterocycles. The van der Waals surface area contributed by atoms with E-state index in [2.05, 4.69) is 4.98 Å². The molecular formula is C8H9ClN2O. The van der Waals surface area contributed by atoms with Crippen molar-refractivity contribution in [2.45, 2.75) is 6.54 Å². The van der Waals surface area contributed by atoms with Gasteiger partial charge < -0.3 is 4.90 Å². The zero-order valence-electron chi connectivity index (χ0n) is 6.70.